The van der Waals surface area contributed by atoms with Gasteiger partial charge in [-0.05, 0) is 104 Å². The molecule has 4 amide bonds. The molecule has 0 radical (unpaired) electrons. The number of carbonyl (C=O) groups excluding carboxylic acids is 3. The summed E-state index contributed by atoms with van der Waals surface area (Å²) >= 11 is 0. The third-order valence-electron chi connectivity index (χ3n) is 10.2. The van der Waals surface area contributed by atoms with Crippen LogP contribution in [0.3, 0.4) is 0 Å². The highest BCUT2D eigenvalue weighted by atomic mass is 16.3. The predicted octanol–water partition coefficient (Wildman–Crippen LogP) is 4.87. The van der Waals surface area contributed by atoms with Crippen molar-refractivity contribution in [2.24, 2.45) is 23.2 Å². The maximum Gasteiger partial charge on any atom is 0.320 e. The Morgan fingerprint density at radius 2 is 1.46 bits per heavy atom. The Balaban J connectivity index is 1.20. The van der Waals surface area contributed by atoms with E-state index in [0.717, 1.165) is 19.3 Å². The Morgan fingerprint density at radius 3 is 2.13 bits per heavy atom. The molecule has 46 heavy (non-hydrogen) atoms. The van der Waals surface area contributed by atoms with Gasteiger partial charge in [0.2, 0.25) is 0 Å². The minimum atomic E-state index is -1.46. The van der Waals surface area contributed by atoms with E-state index in [1.54, 1.807) is 34.1 Å². The number of aliphatic hydroxyl groups is 2. The van der Waals surface area contributed by atoms with Crippen LogP contribution in [0.5, 0.6) is 0 Å². The van der Waals surface area contributed by atoms with Crippen molar-refractivity contribution >= 4 is 46.3 Å². The molecule has 3 aromatic rings. The van der Waals surface area contributed by atoms with Crippen LogP contribution in [0, 0.1) is 23.2 Å². The predicted molar refractivity (Wildman–Crippen MR) is 177 cm³/mol. The van der Waals surface area contributed by atoms with Crippen LogP contribution >= 0.6 is 0 Å². The summed E-state index contributed by atoms with van der Waals surface area (Å²) in [6.45, 7) is 0.280. The molecular formula is C36H41N5O5. The Hall–Kier alpha value is -4.41. The van der Waals surface area contributed by atoms with E-state index in [1.807, 2.05) is 54.6 Å². The molecule has 4 aliphatic carbocycles. The molecule has 1 heterocycles. The van der Waals surface area contributed by atoms with Crippen molar-refractivity contribution < 1.29 is 24.6 Å². The second-order valence-corrected chi connectivity index (χ2v) is 13.7. The number of hydrogen-bond acceptors (Lipinski definition) is 6. The number of urea groups is 1. The Kier molecular flexibility index (Phi) is 8.16. The third kappa shape index (κ3) is 5.94. The lowest BCUT2D eigenvalue weighted by molar-refractivity contribution is -0.129. The number of anilines is 5. The average molecular weight is 624 g/mol. The number of carbonyl (C=O) groups is 3. The molecule has 2 unspecified atom stereocenters. The van der Waals surface area contributed by atoms with Crippen LogP contribution in [0.15, 0.2) is 78.9 Å². The first-order valence-electron chi connectivity index (χ1n) is 16.3. The number of hydrogen-bond donors (Lipinski definition) is 5. The second-order valence-electron chi connectivity index (χ2n) is 13.7. The molecule has 2 atom stereocenters. The van der Waals surface area contributed by atoms with Crippen molar-refractivity contribution in [2.45, 2.75) is 50.7 Å². The number of nitrogens with zero attached hydrogens (tertiary/aromatic N) is 2. The molecule has 10 heteroatoms. The quantitative estimate of drug-likeness (QED) is 0.216. The van der Waals surface area contributed by atoms with Crippen molar-refractivity contribution in [3.8, 4) is 0 Å². The molecule has 8 rings (SSSR count). The summed E-state index contributed by atoms with van der Waals surface area (Å²) in [4.78, 5) is 45.9. The smallest absolute Gasteiger partial charge is 0.320 e. The van der Waals surface area contributed by atoms with Gasteiger partial charge in [0.25, 0.3) is 11.8 Å². The summed E-state index contributed by atoms with van der Waals surface area (Å²) in [5.74, 6) is 1.13. The van der Waals surface area contributed by atoms with E-state index in [4.69, 9.17) is 5.11 Å². The molecule has 0 spiro atoms. The van der Waals surface area contributed by atoms with E-state index in [0.29, 0.717) is 52.7 Å². The van der Waals surface area contributed by atoms with Crippen LogP contribution < -0.4 is 25.8 Å². The largest absolute Gasteiger partial charge is 0.394 e. The molecule has 1 aliphatic heterocycles. The molecule has 3 aromatic carbocycles. The van der Waals surface area contributed by atoms with Gasteiger partial charge in [-0.15, -0.1) is 0 Å². The summed E-state index contributed by atoms with van der Waals surface area (Å²) in [6.07, 6.45) is 6.22. The Labute approximate surface area is 268 Å². The lowest BCUT2D eigenvalue weighted by atomic mass is 9.49. The van der Waals surface area contributed by atoms with Gasteiger partial charge in [0.1, 0.15) is 0 Å². The molecule has 5 aliphatic rings. The number of benzene rings is 3. The van der Waals surface area contributed by atoms with E-state index < -0.39 is 30.0 Å². The molecule has 0 aromatic heterocycles. The molecule has 4 bridgehead atoms. The van der Waals surface area contributed by atoms with Crippen LogP contribution in [0.25, 0.3) is 0 Å². The van der Waals surface area contributed by atoms with Crippen LogP contribution in [0.1, 0.15) is 38.5 Å². The van der Waals surface area contributed by atoms with Gasteiger partial charge in [-0.1, -0.05) is 36.4 Å². The Bertz CT molecular complexity index is 1580. The molecule has 5 N–H and O–H groups in total. The zero-order valence-electron chi connectivity index (χ0n) is 25.8. The van der Waals surface area contributed by atoms with E-state index >= 15 is 0 Å². The van der Waals surface area contributed by atoms with Crippen molar-refractivity contribution in [1.29, 1.82) is 0 Å². The van der Waals surface area contributed by atoms with Crippen molar-refractivity contribution in [1.82, 2.24) is 5.32 Å². The number of para-hydroxylation sites is 3. The van der Waals surface area contributed by atoms with Gasteiger partial charge in [0, 0.05) is 30.2 Å². The highest BCUT2D eigenvalue weighted by Crippen LogP contribution is 2.60. The topological polar surface area (TPSA) is 134 Å². The molecule has 0 saturated heterocycles. The first kappa shape index (κ1) is 30.3. The van der Waals surface area contributed by atoms with Gasteiger partial charge in [-0.3, -0.25) is 14.5 Å². The number of nitrogens with one attached hydrogen (secondary N) is 3. The van der Waals surface area contributed by atoms with Gasteiger partial charge in [0.15, 0.2) is 6.04 Å². The van der Waals surface area contributed by atoms with Crippen LogP contribution in [0.4, 0.5) is 33.2 Å². The van der Waals surface area contributed by atoms with Crippen LogP contribution in [-0.2, 0) is 9.59 Å². The normalized spacial score (nSPS) is 27.2. The van der Waals surface area contributed by atoms with E-state index in [1.165, 1.54) is 19.3 Å². The standard InChI is InChI=1S/C36H41N5O5/c42-21-29(43)20-37-26-7-6-8-27(16-26)38-35(46)39-32-33(44)40(22-36-17-23-13-24(18-36)15-25(14-23)19-36)30-11-4-5-12-31(30)41(34(32)45)28-9-2-1-3-10-28/h1-12,16,23-25,29,32,37,42-43H,13-15,17-22H2,(H2,38,39,46). The second kappa shape index (κ2) is 12.4. The van der Waals surface area contributed by atoms with Gasteiger partial charge >= 0.3 is 6.03 Å². The lowest BCUT2D eigenvalue weighted by Gasteiger charge is -2.57. The monoisotopic (exact) mass is 623 g/mol. The van der Waals surface area contributed by atoms with Gasteiger partial charge in [-0.2, -0.15) is 0 Å². The fourth-order valence-electron chi connectivity index (χ4n) is 8.76. The highest BCUT2D eigenvalue weighted by molar-refractivity contribution is 6.24. The molecular weight excluding hydrogens is 582 g/mol. The summed E-state index contributed by atoms with van der Waals surface area (Å²) in [5.41, 5.74) is 2.97. The number of rotatable bonds is 9. The maximum atomic E-state index is 14.6. The third-order valence-corrected chi connectivity index (χ3v) is 10.2. The first-order valence-corrected chi connectivity index (χ1v) is 16.3. The zero-order valence-corrected chi connectivity index (χ0v) is 25.8. The summed E-state index contributed by atoms with van der Waals surface area (Å²) in [5, 5.41) is 27.3. The van der Waals surface area contributed by atoms with Crippen molar-refractivity contribution in [2.75, 3.05) is 40.1 Å². The van der Waals surface area contributed by atoms with Crippen molar-refractivity contribution in [3.05, 3.63) is 78.9 Å². The van der Waals surface area contributed by atoms with Gasteiger partial charge in [0.05, 0.1) is 24.1 Å². The summed E-state index contributed by atoms with van der Waals surface area (Å²) in [6, 6.07) is 21.5. The van der Waals surface area contributed by atoms with Crippen LogP contribution in [-0.4, -0.2) is 59.9 Å². The summed E-state index contributed by atoms with van der Waals surface area (Å²) in [7, 11) is 0. The van der Waals surface area contributed by atoms with E-state index in [9.17, 15) is 19.5 Å². The van der Waals surface area contributed by atoms with Gasteiger partial charge in [-0.25, -0.2) is 4.79 Å². The van der Waals surface area contributed by atoms with E-state index in [2.05, 4.69) is 16.0 Å². The molecule has 240 valence electrons. The zero-order chi connectivity index (χ0) is 31.8. The first-order chi connectivity index (χ1) is 22.3. The number of fused-ring (bicyclic) bond motifs is 1. The number of aliphatic hydroxyl groups excluding tert-OH is 2. The minimum Gasteiger partial charge on any atom is -0.394 e. The fraction of sp³-hybridized carbons (Fsp3) is 0.417. The van der Waals surface area contributed by atoms with Crippen molar-refractivity contribution in [3.63, 3.8) is 0 Å². The Morgan fingerprint density at radius 1 is 0.826 bits per heavy atom. The summed E-state index contributed by atoms with van der Waals surface area (Å²) < 4.78 is 0. The van der Waals surface area contributed by atoms with Gasteiger partial charge < -0.3 is 31.1 Å². The SMILES string of the molecule is O=C(Nc1cccc(NCC(O)CO)c1)NC1C(=O)N(CC23CC4CC(CC(C4)C2)C3)c2ccccc2N(c2ccccc2)C1=O. The highest BCUT2D eigenvalue weighted by Gasteiger charge is 2.53. The molecule has 4 fully saturated rings. The van der Waals surface area contributed by atoms with E-state index in [-0.39, 0.29) is 18.6 Å². The average Bonchev–Trinajstić information content (AvgIpc) is 3.12. The van der Waals surface area contributed by atoms with Crippen LogP contribution in [0.2, 0.25) is 0 Å². The fourth-order valence-corrected chi connectivity index (χ4v) is 8.76. The minimum absolute atomic E-state index is 0.00629. The molecule has 10 nitrogen and oxygen atoms in total. The maximum absolute atomic E-state index is 14.6. The lowest BCUT2D eigenvalue weighted by Crippen LogP contribution is -2.58. The number of amides is 4. The molecule has 4 saturated carbocycles.